The van der Waals surface area contributed by atoms with Gasteiger partial charge in [-0.2, -0.15) is 13.2 Å². The van der Waals surface area contributed by atoms with E-state index in [9.17, 15) is 18.0 Å². The molecule has 2 amide bonds. The van der Waals surface area contributed by atoms with Crippen LogP contribution in [0.2, 0.25) is 0 Å². The van der Waals surface area contributed by atoms with Crippen molar-refractivity contribution in [2.45, 2.75) is 12.6 Å². The Kier molecular flexibility index (Phi) is 5.39. The van der Waals surface area contributed by atoms with Crippen molar-refractivity contribution in [3.63, 3.8) is 0 Å². The lowest BCUT2D eigenvalue weighted by Crippen LogP contribution is -2.34. The van der Waals surface area contributed by atoms with E-state index in [0.717, 1.165) is 17.0 Å². The number of halogens is 3. The van der Waals surface area contributed by atoms with Crippen molar-refractivity contribution in [3.05, 3.63) is 29.8 Å². The summed E-state index contributed by atoms with van der Waals surface area (Å²) in [5.41, 5.74) is 3.99. The summed E-state index contributed by atoms with van der Waals surface area (Å²) in [6, 6.07) is 3.95. The topological polar surface area (TPSA) is 90.9 Å². The zero-order valence-corrected chi connectivity index (χ0v) is 11.2. The van der Waals surface area contributed by atoms with Gasteiger partial charge in [0.05, 0.1) is 11.3 Å². The number of urea groups is 1. The number of carbonyl (C=O) groups is 1. The van der Waals surface area contributed by atoms with Gasteiger partial charge in [0.1, 0.15) is 5.84 Å². The Balaban J connectivity index is 2.75. The fourth-order valence-corrected chi connectivity index (χ4v) is 1.48. The molecule has 0 atom stereocenters. The van der Waals surface area contributed by atoms with Gasteiger partial charge in [0.2, 0.25) is 0 Å². The van der Waals surface area contributed by atoms with E-state index in [-0.39, 0.29) is 24.5 Å². The number of benzene rings is 1. The Bertz CT molecular complexity index is 531. The van der Waals surface area contributed by atoms with Crippen molar-refractivity contribution < 1.29 is 23.2 Å². The number of amidine groups is 1. The quantitative estimate of drug-likeness (QED) is 0.345. The van der Waals surface area contributed by atoms with Crippen molar-refractivity contribution in [1.82, 2.24) is 4.90 Å². The highest BCUT2D eigenvalue weighted by molar-refractivity contribution is 5.90. The van der Waals surface area contributed by atoms with E-state index in [2.05, 4.69) is 10.5 Å². The highest BCUT2D eigenvalue weighted by atomic mass is 19.4. The van der Waals surface area contributed by atoms with E-state index < -0.39 is 17.8 Å². The Hall–Kier alpha value is -2.45. The fourth-order valence-electron chi connectivity index (χ4n) is 1.48. The molecule has 6 nitrogen and oxygen atoms in total. The molecular weight excluding hydrogens is 289 g/mol. The number of anilines is 1. The van der Waals surface area contributed by atoms with Crippen LogP contribution in [-0.2, 0) is 6.18 Å². The van der Waals surface area contributed by atoms with Gasteiger partial charge >= 0.3 is 12.2 Å². The average molecular weight is 304 g/mol. The summed E-state index contributed by atoms with van der Waals surface area (Å²) < 4.78 is 38.3. The molecule has 116 valence electrons. The SMILES string of the molecule is CN(CCC(N)=NO)C(=O)Nc1ccccc1C(F)(F)F. The summed E-state index contributed by atoms with van der Waals surface area (Å²) in [4.78, 5) is 12.9. The van der Waals surface area contributed by atoms with Crippen LogP contribution >= 0.6 is 0 Å². The molecule has 21 heavy (non-hydrogen) atoms. The first-order chi connectivity index (χ1) is 9.75. The van der Waals surface area contributed by atoms with Gasteiger partial charge < -0.3 is 21.2 Å². The van der Waals surface area contributed by atoms with Gasteiger partial charge in [-0.25, -0.2) is 4.79 Å². The minimum Gasteiger partial charge on any atom is -0.409 e. The van der Waals surface area contributed by atoms with E-state index >= 15 is 0 Å². The molecule has 0 saturated heterocycles. The van der Waals surface area contributed by atoms with Crippen LogP contribution in [0.4, 0.5) is 23.7 Å². The Labute approximate surface area is 119 Å². The first-order valence-electron chi connectivity index (χ1n) is 5.90. The molecule has 0 aromatic heterocycles. The van der Waals surface area contributed by atoms with Crippen LogP contribution in [-0.4, -0.2) is 35.6 Å². The number of nitrogens with two attached hydrogens (primary N) is 1. The van der Waals surface area contributed by atoms with Crippen LogP contribution in [0.5, 0.6) is 0 Å². The van der Waals surface area contributed by atoms with Gasteiger partial charge in [-0.05, 0) is 12.1 Å². The second-order valence-corrected chi connectivity index (χ2v) is 4.24. The van der Waals surface area contributed by atoms with E-state index in [1.807, 2.05) is 0 Å². The summed E-state index contributed by atoms with van der Waals surface area (Å²) in [7, 11) is 1.39. The largest absolute Gasteiger partial charge is 0.418 e. The number of para-hydroxylation sites is 1. The molecule has 1 aromatic rings. The smallest absolute Gasteiger partial charge is 0.409 e. The Morgan fingerprint density at radius 3 is 2.62 bits per heavy atom. The molecule has 0 aliphatic carbocycles. The molecule has 0 bridgehead atoms. The standard InChI is InChI=1S/C12H15F3N4O2/c1-19(7-6-10(16)18-21)11(20)17-9-5-3-2-4-8(9)12(13,14)15/h2-5,21H,6-7H2,1H3,(H2,16,18)(H,17,20). The molecule has 0 fully saturated rings. The summed E-state index contributed by atoms with van der Waals surface area (Å²) in [5.74, 6) is -0.0784. The highest BCUT2D eigenvalue weighted by Crippen LogP contribution is 2.34. The highest BCUT2D eigenvalue weighted by Gasteiger charge is 2.33. The number of alkyl halides is 3. The van der Waals surface area contributed by atoms with E-state index in [0.29, 0.717) is 0 Å². The molecule has 0 saturated carbocycles. The zero-order chi connectivity index (χ0) is 16.0. The number of oxime groups is 1. The van der Waals surface area contributed by atoms with Crippen molar-refractivity contribution in [3.8, 4) is 0 Å². The Morgan fingerprint density at radius 2 is 2.05 bits per heavy atom. The third-order valence-corrected chi connectivity index (χ3v) is 2.65. The van der Waals surface area contributed by atoms with Crippen LogP contribution in [0, 0.1) is 0 Å². The maximum absolute atomic E-state index is 12.8. The molecule has 0 radical (unpaired) electrons. The van der Waals surface area contributed by atoms with Gasteiger partial charge in [0.25, 0.3) is 0 Å². The first kappa shape index (κ1) is 16.6. The van der Waals surface area contributed by atoms with E-state index in [1.165, 1.54) is 19.2 Å². The van der Waals surface area contributed by atoms with Gasteiger partial charge in [0, 0.05) is 20.0 Å². The molecule has 4 N–H and O–H groups in total. The molecule has 9 heteroatoms. The van der Waals surface area contributed by atoms with E-state index in [1.54, 1.807) is 0 Å². The normalized spacial score (nSPS) is 12.1. The van der Waals surface area contributed by atoms with Crippen LogP contribution in [0.1, 0.15) is 12.0 Å². The molecule has 0 aliphatic rings. The number of carbonyl (C=O) groups excluding carboxylic acids is 1. The predicted octanol–water partition coefficient (Wildman–Crippen LogP) is 2.31. The maximum Gasteiger partial charge on any atom is 0.418 e. The van der Waals surface area contributed by atoms with Crippen molar-refractivity contribution in [2.24, 2.45) is 10.9 Å². The van der Waals surface area contributed by atoms with Gasteiger partial charge in [0.15, 0.2) is 0 Å². The third-order valence-electron chi connectivity index (χ3n) is 2.65. The lowest BCUT2D eigenvalue weighted by atomic mass is 10.1. The molecular formula is C12H15F3N4O2. The second kappa shape index (κ2) is 6.82. The number of nitrogens with zero attached hydrogens (tertiary/aromatic N) is 2. The number of rotatable bonds is 4. The van der Waals surface area contributed by atoms with Gasteiger partial charge in [-0.1, -0.05) is 17.3 Å². The third kappa shape index (κ3) is 4.86. The minimum atomic E-state index is -4.56. The summed E-state index contributed by atoms with van der Waals surface area (Å²) in [6.07, 6.45) is -4.46. The summed E-state index contributed by atoms with van der Waals surface area (Å²) in [6.45, 7) is 0.0932. The predicted molar refractivity (Wildman–Crippen MR) is 71.1 cm³/mol. The number of hydrogen-bond donors (Lipinski definition) is 3. The van der Waals surface area contributed by atoms with Crippen molar-refractivity contribution >= 4 is 17.6 Å². The summed E-state index contributed by atoms with van der Waals surface area (Å²) >= 11 is 0. The molecule has 0 spiro atoms. The number of nitrogens with one attached hydrogen (secondary N) is 1. The van der Waals surface area contributed by atoms with Crippen LogP contribution in [0.25, 0.3) is 0 Å². The van der Waals surface area contributed by atoms with Crippen LogP contribution in [0.15, 0.2) is 29.4 Å². The molecule has 0 heterocycles. The molecule has 1 aromatic carbocycles. The molecule has 1 rings (SSSR count). The minimum absolute atomic E-state index is 0.0784. The monoisotopic (exact) mass is 304 g/mol. The average Bonchev–Trinajstić information content (AvgIpc) is 2.43. The van der Waals surface area contributed by atoms with Crippen LogP contribution < -0.4 is 11.1 Å². The lowest BCUT2D eigenvalue weighted by molar-refractivity contribution is -0.136. The second-order valence-electron chi connectivity index (χ2n) is 4.24. The van der Waals surface area contributed by atoms with Crippen molar-refractivity contribution in [1.29, 1.82) is 0 Å². The maximum atomic E-state index is 12.8. The fraction of sp³-hybridized carbons (Fsp3) is 0.333. The van der Waals surface area contributed by atoms with Gasteiger partial charge in [-0.3, -0.25) is 0 Å². The molecule has 0 aliphatic heterocycles. The van der Waals surface area contributed by atoms with Crippen LogP contribution in [0.3, 0.4) is 0 Å². The number of hydrogen-bond acceptors (Lipinski definition) is 3. The zero-order valence-electron chi connectivity index (χ0n) is 11.2. The lowest BCUT2D eigenvalue weighted by Gasteiger charge is -2.19. The summed E-state index contributed by atoms with van der Waals surface area (Å²) in [5, 5.41) is 13.3. The van der Waals surface area contributed by atoms with Gasteiger partial charge in [-0.15, -0.1) is 0 Å². The van der Waals surface area contributed by atoms with Crippen molar-refractivity contribution in [2.75, 3.05) is 18.9 Å². The van der Waals surface area contributed by atoms with E-state index in [4.69, 9.17) is 10.9 Å². The molecule has 0 unspecified atom stereocenters. The first-order valence-corrected chi connectivity index (χ1v) is 5.90. The number of amides is 2. The Morgan fingerprint density at radius 1 is 1.43 bits per heavy atom.